The Balaban J connectivity index is 1.29. The molecule has 1 aliphatic carbocycles. The molecule has 0 bridgehead atoms. The second-order valence-corrected chi connectivity index (χ2v) is 17.2. The number of benzene rings is 6. The number of hydrogen-bond acceptors (Lipinski definition) is 3. The summed E-state index contributed by atoms with van der Waals surface area (Å²) in [5.74, 6) is 0. The molecule has 1 saturated carbocycles. The first-order chi connectivity index (χ1) is 23.5. The largest absolute Gasteiger partial charge is 0.334 e. The van der Waals surface area contributed by atoms with E-state index in [9.17, 15) is 0 Å². The second kappa shape index (κ2) is 8.80. The fourth-order valence-electron chi connectivity index (χ4n) is 10.8. The number of hydrogen-bond donors (Lipinski definition) is 0. The number of rotatable bonds is 1. The predicted octanol–water partition coefficient (Wildman–Crippen LogP) is 10.6. The molecule has 0 N–H and O–H groups in total. The van der Waals surface area contributed by atoms with E-state index in [1.807, 2.05) is 22.7 Å². The lowest BCUT2D eigenvalue weighted by atomic mass is 9.35. The monoisotopic (exact) mass is 649 g/mol. The molecule has 2 unspecified atom stereocenters. The lowest BCUT2D eigenvalue weighted by molar-refractivity contribution is 0.195. The summed E-state index contributed by atoms with van der Waals surface area (Å²) < 4.78 is 5.57. The van der Waals surface area contributed by atoms with Gasteiger partial charge in [0, 0.05) is 46.4 Å². The minimum Gasteiger partial charge on any atom is -0.334 e. The maximum Gasteiger partial charge on any atom is 0.244 e. The highest BCUT2D eigenvalue weighted by Crippen LogP contribution is 2.61. The van der Waals surface area contributed by atoms with Crippen molar-refractivity contribution in [3.05, 3.63) is 115 Å². The van der Waals surface area contributed by atoms with Crippen LogP contribution < -0.4 is 21.3 Å². The number of thiophene rings is 2. The Hall–Kier alpha value is -4.38. The van der Waals surface area contributed by atoms with Gasteiger partial charge in [0.25, 0.3) is 0 Å². The van der Waals surface area contributed by atoms with Gasteiger partial charge >= 0.3 is 0 Å². The summed E-state index contributed by atoms with van der Waals surface area (Å²) in [5, 5.41) is 5.78. The van der Waals surface area contributed by atoms with Crippen molar-refractivity contribution < 1.29 is 0 Å². The summed E-state index contributed by atoms with van der Waals surface area (Å²) in [7, 11) is 0. The van der Waals surface area contributed by atoms with Gasteiger partial charge in [-0.2, -0.15) is 0 Å². The highest BCUT2D eigenvalue weighted by molar-refractivity contribution is 7.27. The van der Waals surface area contributed by atoms with Gasteiger partial charge in [-0.1, -0.05) is 103 Å². The van der Waals surface area contributed by atoms with Crippen molar-refractivity contribution >= 4 is 97.5 Å². The molecule has 5 heterocycles. The van der Waals surface area contributed by atoms with Gasteiger partial charge in [0.15, 0.2) is 0 Å². The molecular weight excluding hydrogens is 617 g/mol. The molecule has 1 nitrogen and oxygen atoms in total. The molecule has 4 heteroatoms. The van der Waals surface area contributed by atoms with Crippen LogP contribution in [0.3, 0.4) is 0 Å². The van der Waals surface area contributed by atoms with E-state index in [1.165, 1.54) is 122 Å². The van der Waals surface area contributed by atoms with Gasteiger partial charge in [0.2, 0.25) is 6.71 Å². The molecule has 48 heavy (non-hydrogen) atoms. The smallest absolute Gasteiger partial charge is 0.244 e. The Morgan fingerprint density at radius 3 is 1.73 bits per heavy atom. The summed E-state index contributed by atoms with van der Waals surface area (Å²) >= 11 is 3.91. The van der Waals surface area contributed by atoms with Crippen LogP contribution >= 0.6 is 22.7 Å². The zero-order valence-corrected chi connectivity index (χ0v) is 28.7. The normalized spacial score (nSPS) is 21.7. The van der Waals surface area contributed by atoms with Gasteiger partial charge in [-0.3, -0.25) is 0 Å². The molecule has 228 valence electrons. The molecule has 0 radical (unpaired) electrons. The summed E-state index contributed by atoms with van der Waals surface area (Å²) in [6, 6.07) is 42.8. The summed E-state index contributed by atoms with van der Waals surface area (Å²) in [6.45, 7) is 5.27. The van der Waals surface area contributed by atoms with Gasteiger partial charge in [-0.05, 0) is 101 Å². The van der Waals surface area contributed by atoms with Crippen molar-refractivity contribution in [2.75, 3.05) is 4.90 Å². The van der Waals surface area contributed by atoms with E-state index in [0.717, 1.165) is 0 Å². The maximum atomic E-state index is 2.79. The van der Waals surface area contributed by atoms with Crippen LogP contribution in [0.15, 0.2) is 109 Å². The highest BCUT2D eigenvalue weighted by atomic mass is 32.1. The first kappa shape index (κ1) is 26.6. The lowest BCUT2D eigenvalue weighted by Gasteiger charge is -2.50. The van der Waals surface area contributed by atoms with Crippen LogP contribution in [-0.2, 0) is 5.41 Å². The fourth-order valence-corrected chi connectivity index (χ4v) is 13.2. The van der Waals surface area contributed by atoms with Crippen molar-refractivity contribution in [2.45, 2.75) is 50.5 Å². The third-order valence-corrected chi connectivity index (χ3v) is 15.3. The molecule has 8 aromatic rings. The summed E-state index contributed by atoms with van der Waals surface area (Å²) in [4.78, 5) is 2.79. The minimum atomic E-state index is -0.00000646. The van der Waals surface area contributed by atoms with Crippen LogP contribution in [0, 0.1) is 0 Å². The Morgan fingerprint density at radius 1 is 0.562 bits per heavy atom. The van der Waals surface area contributed by atoms with Gasteiger partial charge < -0.3 is 4.90 Å². The third kappa shape index (κ3) is 2.95. The summed E-state index contributed by atoms with van der Waals surface area (Å²) in [6.07, 6.45) is 5.01. The topological polar surface area (TPSA) is 3.24 Å². The van der Waals surface area contributed by atoms with E-state index < -0.39 is 0 Å². The second-order valence-electron chi connectivity index (χ2n) is 15.1. The average molecular weight is 650 g/mol. The maximum absolute atomic E-state index is 2.79. The molecule has 0 amide bonds. The zero-order chi connectivity index (χ0) is 31.5. The van der Waals surface area contributed by atoms with Gasteiger partial charge in [-0.25, -0.2) is 0 Å². The molecule has 6 aromatic carbocycles. The zero-order valence-electron chi connectivity index (χ0n) is 27.1. The SMILES string of the molecule is CC12CCCCC1(C)N(c1cc3c4c(c1)-c1cccc5sc6cccc(c6c15)B4c1cccc4sc5cccc-3c5c14)c1ccccc12. The quantitative estimate of drug-likeness (QED) is 0.160. The first-order valence-corrected chi connectivity index (χ1v) is 19.2. The van der Waals surface area contributed by atoms with Crippen LogP contribution in [0.25, 0.3) is 62.6 Å². The predicted molar refractivity (Wildman–Crippen MR) is 211 cm³/mol. The van der Waals surface area contributed by atoms with Gasteiger partial charge in [0.05, 0.1) is 5.54 Å². The van der Waals surface area contributed by atoms with E-state index >= 15 is 0 Å². The van der Waals surface area contributed by atoms with Gasteiger partial charge in [0.1, 0.15) is 0 Å². The van der Waals surface area contributed by atoms with Crippen LogP contribution in [0.2, 0.25) is 0 Å². The Bertz CT molecular complexity index is 2610. The fraction of sp³-hybridized carbons (Fsp3) is 0.182. The van der Waals surface area contributed by atoms with E-state index in [4.69, 9.17) is 0 Å². The number of anilines is 2. The first-order valence-electron chi connectivity index (χ1n) is 17.5. The molecule has 2 aromatic heterocycles. The average Bonchev–Trinajstić information content (AvgIpc) is 3.69. The van der Waals surface area contributed by atoms with Crippen LogP contribution in [0.5, 0.6) is 0 Å². The minimum absolute atomic E-state index is 0.00000646. The van der Waals surface area contributed by atoms with Crippen LogP contribution in [0.1, 0.15) is 45.1 Å². The van der Waals surface area contributed by atoms with Gasteiger partial charge in [-0.15, -0.1) is 22.7 Å². The Kier molecular flexibility index (Phi) is 4.87. The Morgan fingerprint density at radius 2 is 1.10 bits per heavy atom. The van der Waals surface area contributed by atoms with Crippen molar-refractivity contribution in [3.8, 4) is 22.3 Å². The van der Waals surface area contributed by atoms with Crippen molar-refractivity contribution in [2.24, 2.45) is 0 Å². The molecule has 12 rings (SSSR count). The standard InChI is InChI=1S/C44H32BNS2/c1-43-21-5-6-22-44(43,2)46(33-16-4-3-13-30(33)43)25-23-28-26-11-7-17-34-38(26)40-31(14-9-19-36(40)47-34)45-32-15-10-20-37-41(32)39-27(29(24-25)42(28)45)12-8-18-35(39)48-37/h3-4,7-20,23-24H,5-6,21-22H2,1-2H3. The van der Waals surface area contributed by atoms with E-state index in [2.05, 4.69) is 128 Å². The molecule has 0 saturated heterocycles. The van der Waals surface area contributed by atoms with E-state index in [0.29, 0.717) is 0 Å². The number of fused-ring (bicyclic) bond motifs is 7. The molecule has 0 spiro atoms. The van der Waals surface area contributed by atoms with Crippen LogP contribution in [-0.4, -0.2) is 12.3 Å². The van der Waals surface area contributed by atoms with Crippen molar-refractivity contribution in [3.63, 3.8) is 0 Å². The number of nitrogens with zero attached hydrogens (tertiary/aromatic N) is 1. The third-order valence-electron chi connectivity index (χ3n) is 13.0. The van der Waals surface area contributed by atoms with Crippen molar-refractivity contribution in [1.29, 1.82) is 0 Å². The summed E-state index contributed by atoms with van der Waals surface area (Å²) in [5.41, 5.74) is 14.3. The van der Waals surface area contributed by atoms with E-state index in [1.54, 1.807) is 0 Å². The molecule has 3 aliphatic heterocycles. The van der Waals surface area contributed by atoms with Crippen LogP contribution in [0.4, 0.5) is 11.4 Å². The molecular formula is C44H32BNS2. The van der Waals surface area contributed by atoms with E-state index in [-0.39, 0.29) is 17.7 Å². The molecule has 1 fully saturated rings. The molecule has 2 atom stereocenters. The molecule has 4 aliphatic rings. The van der Waals surface area contributed by atoms with Crippen molar-refractivity contribution in [1.82, 2.24) is 0 Å². The highest BCUT2D eigenvalue weighted by Gasteiger charge is 2.57. The number of para-hydroxylation sites is 1. The lowest BCUT2D eigenvalue weighted by Crippen LogP contribution is -2.55. The Labute approximate surface area is 288 Å².